The van der Waals surface area contributed by atoms with Crippen LogP contribution in [0.4, 0.5) is 10.2 Å². The van der Waals surface area contributed by atoms with Crippen LogP contribution in [0.15, 0.2) is 30.5 Å². The SMILES string of the molecule is Cc1ccc(F)cc1-c1cnc(N)c(C(=O)O)c1. The van der Waals surface area contributed by atoms with Gasteiger partial charge in [0, 0.05) is 11.8 Å². The number of carbonyl (C=O) groups is 1. The molecule has 1 aromatic heterocycles. The molecule has 0 amide bonds. The maximum Gasteiger partial charge on any atom is 0.339 e. The normalized spacial score (nSPS) is 10.3. The number of nitrogens with two attached hydrogens (primary N) is 1. The van der Waals surface area contributed by atoms with Crippen LogP contribution < -0.4 is 5.73 Å². The number of aromatic nitrogens is 1. The van der Waals surface area contributed by atoms with E-state index >= 15 is 0 Å². The Labute approximate surface area is 103 Å². The van der Waals surface area contributed by atoms with Crippen molar-refractivity contribution in [2.45, 2.75) is 6.92 Å². The van der Waals surface area contributed by atoms with E-state index in [1.807, 2.05) is 6.92 Å². The lowest BCUT2D eigenvalue weighted by Crippen LogP contribution is -2.04. The Bertz CT molecular complexity index is 626. The maximum absolute atomic E-state index is 13.2. The molecule has 3 N–H and O–H groups in total. The second kappa shape index (κ2) is 4.44. The molecule has 4 nitrogen and oxygen atoms in total. The third-order valence-corrected chi connectivity index (χ3v) is 2.66. The van der Waals surface area contributed by atoms with Gasteiger partial charge in [-0.05, 0) is 36.2 Å². The molecule has 0 bridgehead atoms. The third-order valence-electron chi connectivity index (χ3n) is 2.66. The smallest absolute Gasteiger partial charge is 0.339 e. The summed E-state index contributed by atoms with van der Waals surface area (Å²) in [5, 5.41) is 8.97. The van der Waals surface area contributed by atoms with Crippen molar-refractivity contribution in [1.82, 2.24) is 4.98 Å². The molecule has 2 aromatic rings. The zero-order chi connectivity index (χ0) is 13.3. The van der Waals surface area contributed by atoms with Gasteiger partial charge in [0.25, 0.3) is 0 Å². The molecule has 0 saturated heterocycles. The summed E-state index contributed by atoms with van der Waals surface area (Å²) in [5.74, 6) is -1.60. The highest BCUT2D eigenvalue weighted by Crippen LogP contribution is 2.26. The second-order valence-electron chi connectivity index (χ2n) is 3.92. The van der Waals surface area contributed by atoms with Crippen molar-refractivity contribution >= 4 is 11.8 Å². The molecule has 5 heteroatoms. The fourth-order valence-corrected chi connectivity index (χ4v) is 1.70. The number of carboxylic acids is 1. The van der Waals surface area contributed by atoms with Gasteiger partial charge >= 0.3 is 5.97 Å². The minimum Gasteiger partial charge on any atom is -0.478 e. The van der Waals surface area contributed by atoms with E-state index in [0.29, 0.717) is 11.1 Å². The van der Waals surface area contributed by atoms with E-state index in [0.717, 1.165) is 5.56 Å². The highest BCUT2D eigenvalue weighted by atomic mass is 19.1. The van der Waals surface area contributed by atoms with Gasteiger partial charge in [-0.1, -0.05) is 6.07 Å². The van der Waals surface area contributed by atoms with Crippen LogP contribution in [-0.2, 0) is 0 Å². The van der Waals surface area contributed by atoms with Crippen molar-refractivity contribution in [2.75, 3.05) is 5.73 Å². The molecular formula is C13H11FN2O2. The number of nitrogen functional groups attached to an aromatic ring is 1. The number of hydrogen-bond acceptors (Lipinski definition) is 3. The molecular weight excluding hydrogens is 235 g/mol. The van der Waals surface area contributed by atoms with Gasteiger partial charge in [0.2, 0.25) is 0 Å². The first-order chi connectivity index (χ1) is 8.49. The minimum atomic E-state index is -1.16. The summed E-state index contributed by atoms with van der Waals surface area (Å²) in [5.41, 5.74) is 7.34. The van der Waals surface area contributed by atoms with Gasteiger partial charge in [-0.3, -0.25) is 0 Å². The van der Waals surface area contributed by atoms with E-state index in [1.54, 1.807) is 6.07 Å². The molecule has 0 aliphatic carbocycles. The number of nitrogens with zero attached hydrogens (tertiary/aromatic N) is 1. The number of hydrogen-bond donors (Lipinski definition) is 2. The Kier molecular flexibility index (Phi) is 2.97. The molecule has 18 heavy (non-hydrogen) atoms. The average Bonchev–Trinajstić information content (AvgIpc) is 2.33. The molecule has 0 aliphatic rings. The second-order valence-corrected chi connectivity index (χ2v) is 3.92. The predicted octanol–water partition coefficient (Wildman–Crippen LogP) is 2.48. The van der Waals surface area contributed by atoms with Gasteiger partial charge in [-0.25, -0.2) is 14.2 Å². The quantitative estimate of drug-likeness (QED) is 0.853. The van der Waals surface area contributed by atoms with Crippen LogP contribution in [0.3, 0.4) is 0 Å². The number of carboxylic acid groups (broad SMARTS) is 1. The van der Waals surface area contributed by atoms with E-state index in [9.17, 15) is 9.18 Å². The van der Waals surface area contributed by atoms with Gasteiger partial charge in [0.1, 0.15) is 17.2 Å². The summed E-state index contributed by atoms with van der Waals surface area (Å²) >= 11 is 0. The largest absolute Gasteiger partial charge is 0.478 e. The van der Waals surface area contributed by atoms with Crippen LogP contribution in [0, 0.1) is 12.7 Å². The monoisotopic (exact) mass is 246 g/mol. The molecule has 0 aliphatic heterocycles. The molecule has 0 unspecified atom stereocenters. The standard InChI is InChI=1S/C13H11FN2O2/c1-7-2-3-9(14)5-10(7)8-4-11(13(17)18)12(15)16-6-8/h2-6H,1H3,(H2,15,16)(H,17,18). The van der Waals surface area contributed by atoms with Crippen LogP contribution in [0.1, 0.15) is 15.9 Å². The molecule has 0 atom stereocenters. The van der Waals surface area contributed by atoms with Crippen molar-refractivity contribution in [3.05, 3.63) is 47.4 Å². The Hall–Kier alpha value is -2.43. The average molecular weight is 246 g/mol. The Morgan fingerprint density at radius 1 is 1.39 bits per heavy atom. The Morgan fingerprint density at radius 2 is 2.11 bits per heavy atom. The maximum atomic E-state index is 13.2. The summed E-state index contributed by atoms with van der Waals surface area (Å²) in [6.45, 7) is 1.81. The topological polar surface area (TPSA) is 76.2 Å². The molecule has 0 fully saturated rings. The number of benzene rings is 1. The van der Waals surface area contributed by atoms with Crippen molar-refractivity contribution < 1.29 is 14.3 Å². The first-order valence-electron chi connectivity index (χ1n) is 5.24. The van der Waals surface area contributed by atoms with Gasteiger partial charge < -0.3 is 10.8 Å². The van der Waals surface area contributed by atoms with Gasteiger partial charge in [-0.2, -0.15) is 0 Å². The van der Waals surface area contributed by atoms with Gasteiger partial charge in [-0.15, -0.1) is 0 Å². The zero-order valence-corrected chi connectivity index (χ0v) is 9.64. The molecule has 92 valence electrons. The van der Waals surface area contributed by atoms with Crippen molar-refractivity contribution in [3.63, 3.8) is 0 Å². The van der Waals surface area contributed by atoms with Crippen LogP contribution in [0.2, 0.25) is 0 Å². The summed E-state index contributed by atoms with van der Waals surface area (Å²) < 4.78 is 13.2. The van der Waals surface area contributed by atoms with E-state index in [2.05, 4.69) is 4.98 Å². The molecule has 2 rings (SSSR count). The number of anilines is 1. The van der Waals surface area contributed by atoms with Crippen molar-refractivity contribution in [2.24, 2.45) is 0 Å². The number of rotatable bonds is 2. The first-order valence-corrected chi connectivity index (χ1v) is 5.24. The minimum absolute atomic E-state index is 0.0553. The molecule has 0 radical (unpaired) electrons. The molecule has 1 heterocycles. The predicted molar refractivity (Wildman–Crippen MR) is 65.7 cm³/mol. The highest BCUT2D eigenvalue weighted by Gasteiger charge is 2.12. The summed E-state index contributed by atoms with van der Waals surface area (Å²) in [4.78, 5) is 14.8. The van der Waals surface area contributed by atoms with Crippen LogP contribution in [0.5, 0.6) is 0 Å². The fraction of sp³-hybridized carbons (Fsp3) is 0.0769. The first kappa shape index (κ1) is 12.0. The van der Waals surface area contributed by atoms with Gasteiger partial charge in [0.05, 0.1) is 0 Å². The lowest BCUT2D eigenvalue weighted by atomic mass is 10.0. The van der Waals surface area contributed by atoms with E-state index in [-0.39, 0.29) is 17.2 Å². The fourth-order valence-electron chi connectivity index (χ4n) is 1.70. The Balaban J connectivity index is 2.61. The van der Waals surface area contributed by atoms with Crippen LogP contribution in [0.25, 0.3) is 11.1 Å². The van der Waals surface area contributed by atoms with Crippen LogP contribution in [-0.4, -0.2) is 16.1 Å². The van der Waals surface area contributed by atoms with E-state index in [4.69, 9.17) is 10.8 Å². The lowest BCUT2D eigenvalue weighted by molar-refractivity contribution is 0.0697. The van der Waals surface area contributed by atoms with Gasteiger partial charge in [0.15, 0.2) is 0 Å². The summed E-state index contributed by atoms with van der Waals surface area (Å²) in [6, 6.07) is 5.71. The lowest BCUT2D eigenvalue weighted by Gasteiger charge is -2.08. The molecule has 0 spiro atoms. The number of pyridine rings is 1. The van der Waals surface area contributed by atoms with E-state index < -0.39 is 5.97 Å². The highest BCUT2D eigenvalue weighted by molar-refractivity contribution is 5.94. The van der Waals surface area contributed by atoms with E-state index in [1.165, 1.54) is 24.4 Å². The number of aromatic carboxylic acids is 1. The third kappa shape index (κ3) is 2.15. The molecule has 1 aromatic carbocycles. The van der Waals surface area contributed by atoms with Crippen LogP contribution >= 0.6 is 0 Å². The zero-order valence-electron chi connectivity index (χ0n) is 9.64. The molecule has 0 saturated carbocycles. The summed E-state index contributed by atoms with van der Waals surface area (Å²) in [6.07, 6.45) is 1.43. The number of aryl methyl sites for hydroxylation is 1. The van der Waals surface area contributed by atoms with Crippen molar-refractivity contribution in [1.29, 1.82) is 0 Å². The Morgan fingerprint density at radius 3 is 2.78 bits per heavy atom. The number of halogens is 1. The summed E-state index contributed by atoms with van der Waals surface area (Å²) in [7, 11) is 0. The van der Waals surface area contributed by atoms with Crippen molar-refractivity contribution in [3.8, 4) is 11.1 Å².